The summed E-state index contributed by atoms with van der Waals surface area (Å²) in [7, 11) is 0. The molecule has 1 atom stereocenters. The van der Waals surface area contributed by atoms with Crippen LogP contribution in [0.2, 0.25) is 0 Å². The molecular formula is C20H19N. The lowest BCUT2D eigenvalue weighted by molar-refractivity contribution is 0.630. The Balaban J connectivity index is 1.62. The molecule has 0 saturated carbocycles. The number of aryl methyl sites for hydroxylation is 1. The van der Waals surface area contributed by atoms with Gasteiger partial charge in [0.05, 0.1) is 0 Å². The fraction of sp³-hybridized carbons (Fsp3) is 0.200. The van der Waals surface area contributed by atoms with Gasteiger partial charge in [-0.15, -0.1) is 0 Å². The Morgan fingerprint density at radius 3 is 2.67 bits per heavy atom. The minimum Gasteiger partial charge on any atom is -0.382 e. The van der Waals surface area contributed by atoms with Crippen LogP contribution in [0.1, 0.15) is 17.5 Å². The van der Waals surface area contributed by atoms with Crippen LogP contribution in [-0.2, 0) is 12.8 Å². The summed E-state index contributed by atoms with van der Waals surface area (Å²) in [6, 6.07) is 24.5. The summed E-state index contributed by atoms with van der Waals surface area (Å²) in [4.78, 5) is 0. The summed E-state index contributed by atoms with van der Waals surface area (Å²) < 4.78 is 0. The van der Waals surface area contributed by atoms with E-state index in [2.05, 4.69) is 72.0 Å². The minimum absolute atomic E-state index is 0.533. The van der Waals surface area contributed by atoms with Gasteiger partial charge < -0.3 is 5.32 Å². The molecule has 0 unspecified atom stereocenters. The zero-order valence-corrected chi connectivity index (χ0v) is 12.0. The van der Waals surface area contributed by atoms with Gasteiger partial charge in [-0.3, -0.25) is 0 Å². The summed E-state index contributed by atoms with van der Waals surface area (Å²) >= 11 is 0. The Morgan fingerprint density at radius 1 is 0.857 bits per heavy atom. The first-order chi connectivity index (χ1) is 10.4. The van der Waals surface area contributed by atoms with E-state index >= 15 is 0 Å². The van der Waals surface area contributed by atoms with E-state index in [1.54, 1.807) is 0 Å². The molecule has 21 heavy (non-hydrogen) atoms. The van der Waals surface area contributed by atoms with Crippen LogP contribution in [0.15, 0.2) is 66.7 Å². The van der Waals surface area contributed by atoms with Gasteiger partial charge in [0.15, 0.2) is 0 Å². The Hall–Kier alpha value is -2.28. The molecule has 3 aromatic carbocycles. The lowest BCUT2D eigenvalue weighted by atomic mass is 9.92. The highest BCUT2D eigenvalue weighted by Gasteiger charge is 2.18. The molecule has 3 aromatic rings. The van der Waals surface area contributed by atoms with Crippen LogP contribution >= 0.6 is 0 Å². The highest BCUT2D eigenvalue weighted by Crippen LogP contribution is 2.27. The first kappa shape index (κ1) is 12.5. The third-order valence-corrected chi connectivity index (χ3v) is 4.49. The Kier molecular flexibility index (Phi) is 3.11. The molecule has 4 rings (SSSR count). The lowest BCUT2D eigenvalue weighted by Crippen LogP contribution is -2.27. The van der Waals surface area contributed by atoms with E-state index in [4.69, 9.17) is 0 Å². The van der Waals surface area contributed by atoms with Crippen molar-refractivity contribution in [3.8, 4) is 0 Å². The molecule has 1 aliphatic rings. The van der Waals surface area contributed by atoms with E-state index in [-0.39, 0.29) is 0 Å². The first-order valence-electron chi connectivity index (χ1n) is 7.71. The van der Waals surface area contributed by atoms with Crippen molar-refractivity contribution in [3.05, 3.63) is 77.9 Å². The number of nitrogens with one attached hydrogen (secondary N) is 1. The van der Waals surface area contributed by atoms with Crippen LogP contribution < -0.4 is 5.32 Å². The maximum absolute atomic E-state index is 3.71. The van der Waals surface area contributed by atoms with Gasteiger partial charge in [0.1, 0.15) is 0 Å². The summed E-state index contributed by atoms with van der Waals surface area (Å²) in [5.74, 6) is 0. The minimum atomic E-state index is 0.533. The largest absolute Gasteiger partial charge is 0.382 e. The number of benzene rings is 3. The summed E-state index contributed by atoms with van der Waals surface area (Å²) in [5.41, 5.74) is 4.21. The van der Waals surface area contributed by atoms with Gasteiger partial charge in [0.25, 0.3) is 0 Å². The van der Waals surface area contributed by atoms with Crippen LogP contribution in [0, 0.1) is 0 Å². The molecule has 0 aromatic heterocycles. The lowest BCUT2D eigenvalue weighted by Gasteiger charge is -2.27. The van der Waals surface area contributed by atoms with E-state index in [1.807, 2.05) is 0 Å². The molecular weight excluding hydrogens is 254 g/mol. The monoisotopic (exact) mass is 273 g/mol. The normalized spacial score (nSPS) is 17.2. The maximum atomic E-state index is 3.71. The Bertz CT molecular complexity index is 770. The zero-order valence-electron chi connectivity index (χ0n) is 12.0. The molecule has 0 aliphatic carbocycles. The molecule has 0 fully saturated rings. The number of hydrogen-bond acceptors (Lipinski definition) is 1. The molecule has 1 heterocycles. The van der Waals surface area contributed by atoms with E-state index in [9.17, 15) is 0 Å². The standard InChI is InChI=1S/C20H19N/c1-3-10-19-15(6-1)8-5-9-17(19)14-18-13-12-16-7-2-4-11-20(16)21-18/h1-11,18,21H,12-14H2/t18-/m1/s1. The molecule has 1 nitrogen and oxygen atoms in total. The summed E-state index contributed by atoms with van der Waals surface area (Å²) in [6.07, 6.45) is 3.48. The van der Waals surface area contributed by atoms with E-state index < -0.39 is 0 Å². The van der Waals surface area contributed by atoms with Gasteiger partial charge in [-0.2, -0.15) is 0 Å². The second kappa shape index (κ2) is 5.25. The van der Waals surface area contributed by atoms with Gasteiger partial charge in [0.2, 0.25) is 0 Å². The second-order valence-electron chi connectivity index (χ2n) is 5.88. The highest BCUT2D eigenvalue weighted by atomic mass is 14.9. The van der Waals surface area contributed by atoms with Crippen LogP contribution in [0.4, 0.5) is 5.69 Å². The van der Waals surface area contributed by atoms with Gasteiger partial charge in [0, 0.05) is 11.7 Å². The first-order valence-corrected chi connectivity index (χ1v) is 7.71. The molecule has 0 amide bonds. The van der Waals surface area contributed by atoms with Crippen molar-refractivity contribution in [1.82, 2.24) is 0 Å². The van der Waals surface area contributed by atoms with E-state index in [0.717, 1.165) is 6.42 Å². The van der Waals surface area contributed by atoms with Crippen molar-refractivity contribution in [2.24, 2.45) is 0 Å². The van der Waals surface area contributed by atoms with E-state index in [1.165, 1.54) is 40.4 Å². The van der Waals surface area contributed by atoms with Gasteiger partial charge in [-0.25, -0.2) is 0 Å². The Labute approximate surface area is 125 Å². The molecule has 1 N–H and O–H groups in total. The van der Waals surface area contributed by atoms with Crippen LogP contribution in [0.25, 0.3) is 10.8 Å². The molecule has 0 spiro atoms. The molecule has 104 valence electrons. The molecule has 0 radical (unpaired) electrons. The number of anilines is 1. The van der Waals surface area contributed by atoms with Crippen molar-refractivity contribution in [3.63, 3.8) is 0 Å². The topological polar surface area (TPSA) is 12.0 Å². The highest BCUT2D eigenvalue weighted by molar-refractivity contribution is 5.85. The predicted molar refractivity (Wildman–Crippen MR) is 89.8 cm³/mol. The smallest absolute Gasteiger partial charge is 0.0374 e. The number of hydrogen-bond donors (Lipinski definition) is 1. The van der Waals surface area contributed by atoms with Crippen molar-refractivity contribution < 1.29 is 0 Å². The average Bonchev–Trinajstić information content (AvgIpc) is 2.55. The fourth-order valence-corrected chi connectivity index (χ4v) is 3.39. The quantitative estimate of drug-likeness (QED) is 0.706. The van der Waals surface area contributed by atoms with Crippen molar-refractivity contribution >= 4 is 16.5 Å². The zero-order chi connectivity index (χ0) is 14.1. The van der Waals surface area contributed by atoms with E-state index in [0.29, 0.717) is 6.04 Å². The maximum Gasteiger partial charge on any atom is 0.0374 e. The molecule has 1 aliphatic heterocycles. The van der Waals surface area contributed by atoms with Gasteiger partial charge in [-0.05, 0) is 47.2 Å². The van der Waals surface area contributed by atoms with Gasteiger partial charge >= 0.3 is 0 Å². The fourth-order valence-electron chi connectivity index (χ4n) is 3.39. The molecule has 0 saturated heterocycles. The second-order valence-corrected chi connectivity index (χ2v) is 5.88. The number of fused-ring (bicyclic) bond motifs is 2. The predicted octanol–water partition coefficient (Wildman–Crippen LogP) is 4.81. The number of para-hydroxylation sites is 1. The van der Waals surface area contributed by atoms with Crippen molar-refractivity contribution in [1.29, 1.82) is 0 Å². The van der Waals surface area contributed by atoms with Crippen molar-refractivity contribution in [2.45, 2.75) is 25.3 Å². The van der Waals surface area contributed by atoms with Crippen LogP contribution in [0.5, 0.6) is 0 Å². The third-order valence-electron chi connectivity index (χ3n) is 4.49. The van der Waals surface area contributed by atoms with Crippen molar-refractivity contribution in [2.75, 3.05) is 5.32 Å². The molecule has 0 bridgehead atoms. The summed E-state index contributed by atoms with van der Waals surface area (Å²) in [6.45, 7) is 0. The number of rotatable bonds is 2. The van der Waals surface area contributed by atoms with Crippen LogP contribution in [0.3, 0.4) is 0 Å². The average molecular weight is 273 g/mol. The van der Waals surface area contributed by atoms with Gasteiger partial charge in [-0.1, -0.05) is 60.7 Å². The summed E-state index contributed by atoms with van der Waals surface area (Å²) in [5, 5.41) is 6.44. The molecule has 1 heteroatoms. The Morgan fingerprint density at radius 2 is 1.67 bits per heavy atom. The third kappa shape index (κ3) is 2.40. The van der Waals surface area contributed by atoms with Crippen LogP contribution in [-0.4, -0.2) is 6.04 Å². The SMILES string of the molecule is c1ccc2c(c1)CC[C@H](Cc1cccc3ccccc13)N2.